The van der Waals surface area contributed by atoms with Crippen LogP contribution in [-0.4, -0.2) is 14.2 Å². The van der Waals surface area contributed by atoms with E-state index in [1.165, 1.54) is 0 Å². The van der Waals surface area contributed by atoms with Crippen molar-refractivity contribution in [3.63, 3.8) is 0 Å². The minimum atomic E-state index is -1.25. The molecule has 1 atom stereocenters. The molecule has 2 N–H and O–H groups in total. The Balaban J connectivity index is 2.20. The van der Waals surface area contributed by atoms with Crippen LogP contribution in [0.4, 0.5) is 5.69 Å². The summed E-state index contributed by atoms with van der Waals surface area (Å²) in [6.45, 7) is 0. The summed E-state index contributed by atoms with van der Waals surface area (Å²) in [6, 6.07) is 5.29. The molecule has 0 saturated carbocycles. The second-order valence-corrected chi connectivity index (χ2v) is 5.68. The Morgan fingerprint density at radius 3 is 2.94 bits per heavy atom. The lowest BCUT2D eigenvalue weighted by molar-refractivity contribution is 0.680. The summed E-state index contributed by atoms with van der Waals surface area (Å²) in [6.07, 6.45) is 4.95. The minimum Gasteiger partial charge on any atom is -0.396 e. The van der Waals surface area contributed by atoms with Crippen LogP contribution in [-0.2, 0) is 16.6 Å². The monoisotopic (exact) mass is 311 g/mol. The largest absolute Gasteiger partial charge is 0.396 e. The smallest absolute Gasteiger partial charge is 0.150 e. The SMILES string of the molecule is Nc1cccnc1S(=O)Cc1cncc(Br)c1. The van der Waals surface area contributed by atoms with Crippen LogP contribution in [0.15, 0.2) is 46.3 Å². The van der Waals surface area contributed by atoms with Gasteiger partial charge in [0.25, 0.3) is 0 Å². The average Bonchev–Trinajstić information content (AvgIpc) is 2.29. The highest BCUT2D eigenvalue weighted by Crippen LogP contribution is 2.17. The molecule has 2 heterocycles. The van der Waals surface area contributed by atoms with Gasteiger partial charge in [0.05, 0.1) is 22.2 Å². The molecule has 0 aliphatic rings. The molecule has 1 unspecified atom stereocenters. The van der Waals surface area contributed by atoms with Crippen LogP contribution in [0.25, 0.3) is 0 Å². The average molecular weight is 312 g/mol. The van der Waals surface area contributed by atoms with Crippen molar-refractivity contribution < 1.29 is 4.21 Å². The third kappa shape index (κ3) is 3.10. The van der Waals surface area contributed by atoms with Crippen molar-refractivity contribution in [3.8, 4) is 0 Å². The van der Waals surface area contributed by atoms with Gasteiger partial charge in [0, 0.05) is 23.1 Å². The number of pyridine rings is 2. The first-order chi connectivity index (χ1) is 8.16. The van der Waals surface area contributed by atoms with E-state index in [1.807, 2.05) is 6.07 Å². The molecule has 0 radical (unpaired) electrons. The summed E-state index contributed by atoms with van der Waals surface area (Å²) < 4.78 is 12.9. The van der Waals surface area contributed by atoms with Crippen molar-refractivity contribution in [3.05, 3.63) is 46.8 Å². The molecular weight excluding hydrogens is 302 g/mol. The molecule has 0 bridgehead atoms. The van der Waals surface area contributed by atoms with E-state index in [0.717, 1.165) is 10.0 Å². The van der Waals surface area contributed by atoms with Crippen molar-refractivity contribution in [1.82, 2.24) is 9.97 Å². The number of halogens is 1. The summed E-state index contributed by atoms with van der Waals surface area (Å²) in [5.41, 5.74) is 7.05. The van der Waals surface area contributed by atoms with E-state index in [-0.39, 0.29) is 0 Å². The fraction of sp³-hybridized carbons (Fsp3) is 0.0909. The molecule has 17 heavy (non-hydrogen) atoms. The first-order valence-corrected chi connectivity index (χ1v) is 6.96. The Labute approximate surface area is 110 Å². The summed E-state index contributed by atoms with van der Waals surface area (Å²) in [4.78, 5) is 8.06. The highest BCUT2D eigenvalue weighted by atomic mass is 79.9. The third-order valence-electron chi connectivity index (χ3n) is 2.08. The zero-order chi connectivity index (χ0) is 12.3. The maximum absolute atomic E-state index is 12.1. The molecule has 0 aliphatic heterocycles. The van der Waals surface area contributed by atoms with Gasteiger partial charge in [-0.05, 0) is 39.7 Å². The fourth-order valence-electron chi connectivity index (χ4n) is 1.35. The van der Waals surface area contributed by atoms with Crippen LogP contribution >= 0.6 is 15.9 Å². The van der Waals surface area contributed by atoms with Crippen LogP contribution in [0.3, 0.4) is 0 Å². The molecule has 0 aliphatic carbocycles. The van der Waals surface area contributed by atoms with Gasteiger partial charge in [0.2, 0.25) is 0 Å². The number of nitrogen functional groups attached to an aromatic ring is 1. The fourth-order valence-corrected chi connectivity index (χ4v) is 2.87. The first kappa shape index (κ1) is 12.2. The topological polar surface area (TPSA) is 68.9 Å². The van der Waals surface area contributed by atoms with Gasteiger partial charge in [0.1, 0.15) is 5.03 Å². The number of nitrogens with zero attached hydrogens (tertiary/aromatic N) is 2. The standard InChI is InChI=1S/C11H10BrN3OS/c12-9-4-8(5-14-6-9)7-17(16)11-10(13)2-1-3-15-11/h1-6H,7,13H2. The quantitative estimate of drug-likeness (QED) is 0.942. The first-order valence-electron chi connectivity index (χ1n) is 4.85. The predicted molar refractivity (Wildman–Crippen MR) is 70.7 cm³/mol. The Morgan fingerprint density at radius 1 is 1.41 bits per heavy atom. The van der Waals surface area contributed by atoms with Gasteiger partial charge in [0.15, 0.2) is 0 Å². The number of aromatic nitrogens is 2. The van der Waals surface area contributed by atoms with Gasteiger partial charge in [-0.3, -0.25) is 9.19 Å². The molecule has 88 valence electrons. The lowest BCUT2D eigenvalue weighted by Crippen LogP contribution is -2.03. The molecule has 0 spiro atoms. The highest BCUT2D eigenvalue weighted by Gasteiger charge is 2.10. The number of hydrogen-bond donors (Lipinski definition) is 1. The normalized spacial score (nSPS) is 12.3. The molecule has 4 nitrogen and oxygen atoms in total. The van der Waals surface area contributed by atoms with E-state index in [4.69, 9.17) is 5.73 Å². The van der Waals surface area contributed by atoms with Gasteiger partial charge in [-0.15, -0.1) is 0 Å². The van der Waals surface area contributed by atoms with Crippen LogP contribution in [0.2, 0.25) is 0 Å². The summed E-state index contributed by atoms with van der Waals surface area (Å²) in [7, 11) is -1.25. The molecule has 0 fully saturated rings. The molecule has 2 aromatic rings. The van der Waals surface area contributed by atoms with Gasteiger partial charge < -0.3 is 5.73 Å². The van der Waals surface area contributed by atoms with E-state index in [0.29, 0.717) is 16.5 Å². The lowest BCUT2D eigenvalue weighted by atomic mass is 10.3. The zero-order valence-electron chi connectivity index (χ0n) is 8.84. The van der Waals surface area contributed by atoms with Gasteiger partial charge in [-0.25, -0.2) is 4.98 Å². The maximum Gasteiger partial charge on any atom is 0.150 e. The number of nitrogens with two attached hydrogens (primary N) is 1. The van der Waals surface area contributed by atoms with Gasteiger partial charge in [-0.1, -0.05) is 0 Å². The Kier molecular flexibility index (Phi) is 3.86. The Hall–Kier alpha value is -1.27. The summed E-state index contributed by atoms with van der Waals surface area (Å²) >= 11 is 3.32. The van der Waals surface area contributed by atoms with Crippen LogP contribution in [0.1, 0.15) is 5.56 Å². The predicted octanol–water partition coefficient (Wildman–Crippen LogP) is 2.13. The molecule has 6 heteroatoms. The molecular formula is C11H10BrN3OS. The molecule has 0 amide bonds. The number of hydrogen-bond acceptors (Lipinski definition) is 4. The van der Waals surface area contributed by atoms with E-state index >= 15 is 0 Å². The summed E-state index contributed by atoms with van der Waals surface area (Å²) in [5.74, 6) is 0.355. The van der Waals surface area contributed by atoms with Crippen LogP contribution in [0, 0.1) is 0 Å². The van der Waals surface area contributed by atoms with E-state index in [9.17, 15) is 4.21 Å². The van der Waals surface area contributed by atoms with E-state index in [1.54, 1.807) is 30.7 Å². The highest BCUT2D eigenvalue weighted by molar-refractivity contribution is 9.10. The number of rotatable bonds is 3. The van der Waals surface area contributed by atoms with Crippen LogP contribution in [0.5, 0.6) is 0 Å². The lowest BCUT2D eigenvalue weighted by Gasteiger charge is -2.04. The molecule has 0 aromatic carbocycles. The van der Waals surface area contributed by atoms with E-state index in [2.05, 4.69) is 25.9 Å². The molecule has 2 aromatic heterocycles. The number of anilines is 1. The van der Waals surface area contributed by atoms with Crippen LogP contribution < -0.4 is 5.73 Å². The summed E-state index contributed by atoms with van der Waals surface area (Å²) in [5, 5.41) is 0.424. The van der Waals surface area contributed by atoms with E-state index < -0.39 is 10.8 Å². The van der Waals surface area contributed by atoms with Crippen molar-refractivity contribution in [1.29, 1.82) is 0 Å². The Bertz CT molecular complexity index is 562. The maximum atomic E-state index is 12.1. The third-order valence-corrected chi connectivity index (χ3v) is 3.88. The van der Waals surface area contributed by atoms with Crippen molar-refractivity contribution in [2.75, 3.05) is 5.73 Å². The zero-order valence-corrected chi connectivity index (χ0v) is 11.2. The van der Waals surface area contributed by atoms with Gasteiger partial charge in [-0.2, -0.15) is 0 Å². The van der Waals surface area contributed by atoms with Crippen molar-refractivity contribution in [2.45, 2.75) is 10.8 Å². The molecule has 0 saturated heterocycles. The minimum absolute atomic E-state index is 0.355. The second-order valence-electron chi connectivity index (χ2n) is 3.40. The van der Waals surface area contributed by atoms with Crippen molar-refractivity contribution in [2.24, 2.45) is 0 Å². The Morgan fingerprint density at radius 2 is 2.24 bits per heavy atom. The van der Waals surface area contributed by atoms with Crippen molar-refractivity contribution >= 4 is 32.4 Å². The van der Waals surface area contributed by atoms with Gasteiger partial charge >= 0.3 is 0 Å². The second kappa shape index (κ2) is 5.37. The molecule has 2 rings (SSSR count).